The minimum atomic E-state index is 0. The smallest absolute Gasteiger partial charge is 0.191 e. The highest BCUT2D eigenvalue weighted by Gasteiger charge is 2.53. The number of hydrogen-bond donors (Lipinski definition) is 2. The van der Waals surface area contributed by atoms with Crippen LogP contribution in [-0.2, 0) is 18.3 Å². The fourth-order valence-corrected chi connectivity index (χ4v) is 4.27. The molecule has 0 saturated heterocycles. The lowest BCUT2D eigenvalue weighted by Crippen LogP contribution is -2.65. The Labute approximate surface area is 181 Å². The van der Waals surface area contributed by atoms with Crippen LogP contribution in [0.2, 0.25) is 0 Å². The van der Waals surface area contributed by atoms with E-state index in [-0.39, 0.29) is 29.4 Å². The van der Waals surface area contributed by atoms with Crippen molar-refractivity contribution in [3.05, 3.63) is 17.0 Å². The Morgan fingerprint density at radius 3 is 2.41 bits per heavy atom. The van der Waals surface area contributed by atoms with Crippen LogP contribution in [0, 0.1) is 19.3 Å². The SMILES string of the molecule is CCNC(=NCc1c(C)nn(C)c1C)NC1CC(OCC)C1(CC)CC.I. The fraction of sp³-hybridized carbons (Fsp3) is 0.800. The van der Waals surface area contributed by atoms with Gasteiger partial charge in [0.1, 0.15) is 0 Å². The number of aromatic nitrogens is 2. The molecule has 7 heteroatoms. The van der Waals surface area contributed by atoms with Gasteiger partial charge in [0.15, 0.2) is 5.96 Å². The molecule has 2 atom stereocenters. The van der Waals surface area contributed by atoms with Gasteiger partial charge in [-0.1, -0.05) is 13.8 Å². The van der Waals surface area contributed by atoms with E-state index >= 15 is 0 Å². The maximum absolute atomic E-state index is 6.00. The van der Waals surface area contributed by atoms with Gasteiger partial charge >= 0.3 is 0 Å². The van der Waals surface area contributed by atoms with Crippen molar-refractivity contribution in [3.8, 4) is 0 Å². The zero-order chi connectivity index (χ0) is 19.3. The number of halogens is 1. The molecule has 1 saturated carbocycles. The summed E-state index contributed by atoms with van der Waals surface area (Å²) in [7, 11) is 1.98. The Morgan fingerprint density at radius 2 is 1.93 bits per heavy atom. The summed E-state index contributed by atoms with van der Waals surface area (Å²) in [6, 6.07) is 0.406. The van der Waals surface area contributed by atoms with Crippen LogP contribution in [0.25, 0.3) is 0 Å². The van der Waals surface area contributed by atoms with Crippen LogP contribution in [0.1, 0.15) is 63.9 Å². The van der Waals surface area contributed by atoms with Crippen LogP contribution < -0.4 is 10.6 Å². The molecule has 0 aliphatic heterocycles. The summed E-state index contributed by atoms with van der Waals surface area (Å²) < 4.78 is 7.93. The molecule has 1 aliphatic carbocycles. The van der Waals surface area contributed by atoms with Crippen LogP contribution in [0.15, 0.2) is 4.99 Å². The molecule has 0 amide bonds. The van der Waals surface area contributed by atoms with Crippen molar-refractivity contribution in [2.45, 2.75) is 79.5 Å². The summed E-state index contributed by atoms with van der Waals surface area (Å²) in [5.74, 6) is 0.890. The molecule has 0 radical (unpaired) electrons. The minimum absolute atomic E-state index is 0. The first-order valence-electron chi connectivity index (χ1n) is 10.1. The van der Waals surface area contributed by atoms with Crippen molar-refractivity contribution in [2.24, 2.45) is 17.5 Å². The van der Waals surface area contributed by atoms with E-state index in [2.05, 4.69) is 57.3 Å². The molecule has 1 aromatic heterocycles. The second-order valence-corrected chi connectivity index (χ2v) is 7.29. The van der Waals surface area contributed by atoms with Crippen LogP contribution >= 0.6 is 24.0 Å². The average molecular weight is 491 g/mol. The largest absolute Gasteiger partial charge is 0.378 e. The van der Waals surface area contributed by atoms with Crippen molar-refractivity contribution >= 4 is 29.9 Å². The quantitative estimate of drug-likeness (QED) is 0.331. The lowest BCUT2D eigenvalue weighted by atomic mass is 9.58. The lowest BCUT2D eigenvalue weighted by molar-refractivity contribution is -0.133. The van der Waals surface area contributed by atoms with Gasteiger partial charge in [-0.25, -0.2) is 4.99 Å². The number of guanidine groups is 1. The third-order valence-electron chi connectivity index (χ3n) is 6.18. The summed E-state index contributed by atoms with van der Waals surface area (Å²) in [5.41, 5.74) is 3.65. The van der Waals surface area contributed by atoms with Gasteiger partial charge in [0, 0.05) is 42.9 Å². The standard InChI is InChI=1S/C20H37N5O.HI/c1-8-20(9-2)17(12-18(20)26-11-4)23-19(21-10-3)22-13-16-14(5)24-25(7)15(16)6;/h17-18H,8-13H2,1-7H3,(H2,21,22,23);1H. The Kier molecular flexibility index (Phi) is 9.54. The second kappa shape index (κ2) is 10.6. The van der Waals surface area contributed by atoms with Gasteiger partial charge in [0.25, 0.3) is 0 Å². The van der Waals surface area contributed by atoms with Gasteiger partial charge in [-0.2, -0.15) is 5.10 Å². The highest BCUT2D eigenvalue weighted by atomic mass is 127. The monoisotopic (exact) mass is 491 g/mol. The van der Waals surface area contributed by atoms with Gasteiger partial charge < -0.3 is 15.4 Å². The molecule has 1 aliphatic rings. The maximum Gasteiger partial charge on any atom is 0.191 e. The number of nitrogens with zero attached hydrogens (tertiary/aromatic N) is 3. The molecule has 1 fully saturated rings. The number of aryl methyl sites for hydroxylation is 2. The molecule has 1 heterocycles. The van der Waals surface area contributed by atoms with Gasteiger partial charge in [0.2, 0.25) is 0 Å². The maximum atomic E-state index is 6.00. The molecule has 156 valence electrons. The molecule has 2 rings (SSSR count). The number of aliphatic imine (C=N–C) groups is 1. The Balaban J connectivity index is 0.00000364. The molecule has 1 aromatic rings. The number of rotatable bonds is 8. The lowest BCUT2D eigenvalue weighted by Gasteiger charge is -2.55. The highest BCUT2D eigenvalue weighted by molar-refractivity contribution is 14.0. The summed E-state index contributed by atoms with van der Waals surface area (Å²) in [6.45, 7) is 15.2. The molecule has 0 bridgehead atoms. The van der Waals surface area contributed by atoms with E-state index in [1.165, 1.54) is 11.3 Å². The normalized spacial score (nSPS) is 21.4. The van der Waals surface area contributed by atoms with Crippen LogP contribution in [0.3, 0.4) is 0 Å². The predicted octanol–water partition coefficient (Wildman–Crippen LogP) is 3.69. The summed E-state index contributed by atoms with van der Waals surface area (Å²) in [4.78, 5) is 4.85. The first-order chi connectivity index (χ1) is 12.4. The molecule has 6 nitrogen and oxygen atoms in total. The fourth-order valence-electron chi connectivity index (χ4n) is 4.27. The molecule has 27 heavy (non-hydrogen) atoms. The van der Waals surface area contributed by atoms with E-state index in [9.17, 15) is 0 Å². The number of ether oxygens (including phenoxy) is 1. The van der Waals surface area contributed by atoms with E-state index < -0.39 is 0 Å². The highest BCUT2D eigenvalue weighted by Crippen LogP contribution is 2.48. The first-order valence-corrected chi connectivity index (χ1v) is 10.1. The van der Waals surface area contributed by atoms with E-state index in [0.29, 0.717) is 18.7 Å². The van der Waals surface area contributed by atoms with E-state index in [4.69, 9.17) is 9.73 Å². The molecular weight excluding hydrogens is 453 g/mol. The predicted molar refractivity (Wildman–Crippen MR) is 123 cm³/mol. The van der Waals surface area contributed by atoms with Crippen molar-refractivity contribution < 1.29 is 4.74 Å². The number of hydrogen-bond acceptors (Lipinski definition) is 3. The van der Waals surface area contributed by atoms with Gasteiger partial charge in [-0.15, -0.1) is 24.0 Å². The van der Waals surface area contributed by atoms with Crippen molar-refractivity contribution in [3.63, 3.8) is 0 Å². The van der Waals surface area contributed by atoms with E-state index in [0.717, 1.165) is 44.1 Å². The van der Waals surface area contributed by atoms with Gasteiger partial charge in [-0.3, -0.25) is 4.68 Å². The molecular formula is C20H38IN5O. The third-order valence-corrected chi connectivity index (χ3v) is 6.18. The van der Waals surface area contributed by atoms with E-state index in [1.807, 2.05) is 11.7 Å². The van der Waals surface area contributed by atoms with E-state index in [1.54, 1.807) is 0 Å². The molecule has 2 N–H and O–H groups in total. The zero-order valence-electron chi connectivity index (χ0n) is 18.1. The topological polar surface area (TPSA) is 63.5 Å². The second-order valence-electron chi connectivity index (χ2n) is 7.29. The van der Waals surface area contributed by atoms with Gasteiger partial charge in [-0.05, 0) is 47.0 Å². The summed E-state index contributed by atoms with van der Waals surface area (Å²) >= 11 is 0. The van der Waals surface area contributed by atoms with Crippen molar-refractivity contribution in [1.29, 1.82) is 0 Å². The first kappa shape index (κ1) is 24.2. The third kappa shape index (κ3) is 4.96. The Morgan fingerprint density at radius 1 is 1.26 bits per heavy atom. The van der Waals surface area contributed by atoms with Gasteiger partial charge in [0.05, 0.1) is 18.3 Å². The van der Waals surface area contributed by atoms with Crippen LogP contribution in [-0.4, -0.2) is 41.0 Å². The van der Waals surface area contributed by atoms with Crippen molar-refractivity contribution in [2.75, 3.05) is 13.2 Å². The van der Waals surface area contributed by atoms with Crippen molar-refractivity contribution in [1.82, 2.24) is 20.4 Å². The Hall–Kier alpha value is -0.830. The molecule has 2 unspecified atom stereocenters. The minimum Gasteiger partial charge on any atom is -0.378 e. The average Bonchev–Trinajstić information content (AvgIpc) is 2.85. The summed E-state index contributed by atoms with van der Waals surface area (Å²) in [6.07, 6.45) is 3.63. The zero-order valence-corrected chi connectivity index (χ0v) is 20.4. The Bertz CT molecular complexity index is 624. The van der Waals surface area contributed by atoms with Crippen LogP contribution in [0.4, 0.5) is 0 Å². The number of nitrogens with one attached hydrogen (secondary N) is 2. The van der Waals surface area contributed by atoms with Crippen LogP contribution in [0.5, 0.6) is 0 Å². The molecule has 0 spiro atoms. The molecule has 0 aromatic carbocycles. The summed E-state index contributed by atoms with van der Waals surface area (Å²) in [5, 5.41) is 11.6.